The molecule has 0 unspecified atom stereocenters. The molecule has 1 fully saturated rings. The number of pyridine rings is 2. The summed E-state index contributed by atoms with van der Waals surface area (Å²) in [5, 5.41) is 5.56. The van der Waals surface area contributed by atoms with Crippen molar-refractivity contribution in [3.8, 4) is 11.1 Å². The molecular formula is C20H22ClN7. The Morgan fingerprint density at radius 3 is 2.61 bits per heavy atom. The second-order valence-electron chi connectivity index (χ2n) is 7.10. The van der Waals surface area contributed by atoms with Gasteiger partial charge >= 0.3 is 0 Å². The zero-order valence-corrected chi connectivity index (χ0v) is 16.8. The highest BCUT2D eigenvalue weighted by molar-refractivity contribution is 6.32. The van der Waals surface area contributed by atoms with Crippen LogP contribution in [0.2, 0.25) is 5.15 Å². The zero-order chi connectivity index (χ0) is 19.7. The van der Waals surface area contributed by atoms with Crippen LogP contribution >= 0.6 is 11.6 Å². The van der Waals surface area contributed by atoms with Gasteiger partial charge in [-0.25, -0.2) is 24.9 Å². The van der Waals surface area contributed by atoms with Crippen LogP contribution in [-0.4, -0.2) is 39.0 Å². The van der Waals surface area contributed by atoms with Gasteiger partial charge in [-0.3, -0.25) is 0 Å². The average molecular weight is 396 g/mol. The monoisotopic (exact) mass is 395 g/mol. The van der Waals surface area contributed by atoms with Crippen LogP contribution < -0.4 is 10.7 Å². The van der Waals surface area contributed by atoms with Gasteiger partial charge in [-0.15, -0.1) is 0 Å². The molecule has 0 aliphatic heterocycles. The third-order valence-electron chi connectivity index (χ3n) is 4.57. The van der Waals surface area contributed by atoms with E-state index in [4.69, 9.17) is 11.6 Å². The first-order valence-corrected chi connectivity index (χ1v) is 9.54. The normalized spacial score (nSPS) is 13.6. The highest BCUT2D eigenvalue weighted by atomic mass is 35.5. The zero-order valence-electron chi connectivity index (χ0n) is 16.1. The molecule has 2 N–H and O–H groups in total. The summed E-state index contributed by atoms with van der Waals surface area (Å²) in [7, 11) is 3.82. The minimum absolute atomic E-state index is 0.441. The largest absolute Gasteiger partial charge is 0.325 e. The minimum Gasteiger partial charge on any atom is -0.325 e. The molecule has 3 heterocycles. The first-order valence-electron chi connectivity index (χ1n) is 9.16. The summed E-state index contributed by atoms with van der Waals surface area (Å²) in [6.07, 6.45) is 7.69. The minimum atomic E-state index is 0.441. The Labute approximate surface area is 169 Å². The standard InChI is InChI=1S/C20H22ClN7/c1-12-15(11-24-19(21)18(12)27-28(2)3)14-6-8-22-17(10-14)25-16-7-9-23-20(26-16)13-4-5-13/h6-11,13,27H,4-5H2,1-3H3,(H,22,23,25,26). The van der Waals surface area contributed by atoms with Crippen molar-refractivity contribution in [1.29, 1.82) is 0 Å². The van der Waals surface area contributed by atoms with Gasteiger partial charge in [0.1, 0.15) is 17.5 Å². The number of aromatic nitrogens is 4. The Hall–Kier alpha value is -2.77. The lowest BCUT2D eigenvalue weighted by atomic mass is 10.0. The average Bonchev–Trinajstić information content (AvgIpc) is 3.51. The second-order valence-corrected chi connectivity index (χ2v) is 7.46. The SMILES string of the molecule is Cc1c(-c2ccnc(Nc3ccnc(C4CC4)n3)c2)cnc(Cl)c1NN(C)C. The lowest BCUT2D eigenvalue weighted by Gasteiger charge is -2.19. The molecule has 3 aromatic heterocycles. The smallest absolute Gasteiger partial charge is 0.153 e. The first-order chi connectivity index (χ1) is 13.5. The number of nitrogens with one attached hydrogen (secondary N) is 2. The molecule has 7 nitrogen and oxygen atoms in total. The van der Waals surface area contributed by atoms with Crippen LogP contribution in [0.1, 0.15) is 30.1 Å². The maximum atomic E-state index is 6.28. The van der Waals surface area contributed by atoms with Gasteiger partial charge in [-0.2, -0.15) is 0 Å². The number of hydrogen-bond acceptors (Lipinski definition) is 7. The summed E-state index contributed by atoms with van der Waals surface area (Å²) < 4.78 is 0. The summed E-state index contributed by atoms with van der Waals surface area (Å²) in [5.74, 6) is 2.88. The molecule has 0 amide bonds. The Kier molecular flexibility index (Phi) is 5.11. The van der Waals surface area contributed by atoms with Crippen molar-refractivity contribution in [1.82, 2.24) is 24.9 Å². The van der Waals surface area contributed by atoms with Crippen LogP contribution in [0.3, 0.4) is 0 Å². The van der Waals surface area contributed by atoms with E-state index in [0.29, 0.717) is 11.1 Å². The summed E-state index contributed by atoms with van der Waals surface area (Å²) in [4.78, 5) is 17.7. The topological polar surface area (TPSA) is 78.9 Å². The summed E-state index contributed by atoms with van der Waals surface area (Å²) in [5.41, 5.74) is 7.01. The van der Waals surface area contributed by atoms with E-state index in [0.717, 1.165) is 39.8 Å². The van der Waals surface area contributed by atoms with Crippen LogP contribution in [0.4, 0.5) is 17.3 Å². The molecule has 144 valence electrons. The van der Waals surface area contributed by atoms with Gasteiger partial charge in [-0.1, -0.05) is 11.6 Å². The Balaban J connectivity index is 1.63. The van der Waals surface area contributed by atoms with Crippen LogP contribution in [0.15, 0.2) is 36.8 Å². The van der Waals surface area contributed by atoms with Gasteiger partial charge in [-0.05, 0) is 49.1 Å². The van der Waals surface area contributed by atoms with Crippen molar-refractivity contribution in [3.05, 3.63) is 53.3 Å². The third kappa shape index (κ3) is 4.05. The first kappa shape index (κ1) is 18.6. The predicted octanol–water partition coefficient (Wildman–Crippen LogP) is 4.40. The molecule has 1 saturated carbocycles. The maximum Gasteiger partial charge on any atom is 0.153 e. The quantitative estimate of drug-likeness (QED) is 0.472. The highest BCUT2D eigenvalue weighted by Gasteiger charge is 2.26. The number of anilines is 3. The fraction of sp³-hybridized carbons (Fsp3) is 0.300. The molecule has 8 heteroatoms. The molecule has 0 saturated heterocycles. The lowest BCUT2D eigenvalue weighted by Crippen LogP contribution is -2.21. The van der Waals surface area contributed by atoms with Crippen LogP contribution in [0, 0.1) is 6.92 Å². The molecule has 3 aromatic rings. The summed E-state index contributed by atoms with van der Waals surface area (Å²) in [6.45, 7) is 2.02. The molecule has 0 aromatic carbocycles. The number of hydrogen-bond donors (Lipinski definition) is 2. The number of halogens is 1. The van der Waals surface area contributed by atoms with Crippen molar-refractivity contribution >= 4 is 28.9 Å². The van der Waals surface area contributed by atoms with Crippen molar-refractivity contribution in [3.63, 3.8) is 0 Å². The molecular weight excluding hydrogens is 374 g/mol. The van der Waals surface area contributed by atoms with Crippen molar-refractivity contribution in [2.75, 3.05) is 24.8 Å². The Morgan fingerprint density at radius 1 is 1.07 bits per heavy atom. The third-order valence-corrected chi connectivity index (χ3v) is 4.86. The lowest BCUT2D eigenvalue weighted by molar-refractivity contribution is 0.494. The molecule has 0 bridgehead atoms. The number of hydrazine groups is 1. The van der Waals surface area contributed by atoms with E-state index in [-0.39, 0.29) is 0 Å². The predicted molar refractivity (Wildman–Crippen MR) is 112 cm³/mol. The van der Waals surface area contributed by atoms with Crippen LogP contribution in [0.5, 0.6) is 0 Å². The molecule has 28 heavy (non-hydrogen) atoms. The van der Waals surface area contributed by atoms with Gasteiger partial charge in [0.25, 0.3) is 0 Å². The van der Waals surface area contributed by atoms with Gasteiger partial charge in [0.15, 0.2) is 5.15 Å². The number of nitrogens with zero attached hydrogens (tertiary/aromatic N) is 5. The maximum absolute atomic E-state index is 6.28. The fourth-order valence-electron chi connectivity index (χ4n) is 3.00. The molecule has 0 radical (unpaired) electrons. The van der Waals surface area contributed by atoms with Gasteiger partial charge in [0.05, 0.1) is 5.69 Å². The van der Waals surface area contributed by atoms with Crippen molar-refractivity contribution < 1.29 is 0 Å². The second kappa shape index (κ2) is 7.69. The molecule has 0 spiro atoms. The van der Waals surface area contributed by atoms with E-state index in [2.05, 4.69) is 30.7 Å². The van der Waals surface area contributed by atoms with E-state index in [1.54, 1.807) is 18.6 Å². The van der Waals surface area contributed by atoms with E-state index in [1.165, 1.54) is 12.8 Å². The Bertz CT molecular complexity index is 1000. The van der Waals surface area contributed by atoms with Crippen molar-refractivity contribution in [2.45, 2.75) is 25.7 Å². The fourth-order valence-corrected chi connectivity index (χ4v) is 3.23. The van der Waals surface area contributed by atoms with E-state index < -0.39 is 0 Å². The summed E-state index contributed by atoms with van der Waals surface area (Å²) in [6, 6.07) is 5.79. The molecule has 0 atom stereocenters. The molecule has 1 aliphatic carbocycles. The highest BCUT2D eigenvalue weighted by Crippen LogP contribution is 2.38. The van der Waals surface area contributed by atoms with Crippen molar-refractivity contribution in [2.24, 2.45) is 0 Å². The van der Waals surface area contributed by atoms with Gasteiger partial charge < -0.3 is 10.7 Å². The van der Waals surface area contributed by atoms with E-state index in [9.17, 15) is 0 Å². The van der Waals surface area contributed by atoms with Gasteiger partial charge in [0, 0.05) is 44.2 Å². The Morgan fingerprint density at radius 2 is 1.86 bits per heavy atom. The molecule has 4 rings (SSSR count). The van der Waals surface area contributed by atoms with E-state index >= 15 is 0 Å². The number of rotatable bonds is 6. The van der Waals surface area contributed by atoms with E-state index in [1.807, 2.05) is 44.2 Å². The molecule has 1 aliphatic rings. The van der Waals surface area contributed by atoms with Gasteiger partial charge in [0.2, 0.25) is 0 Å². The van der Waals surface area contributed by atoms with Crippen LogP contribution in [-0.2, 0) is 0 Å². The van der Waals surface area contributed by atoms with Crippen LogP contribution in [0.25, 0.3) is 11.1 Å². The summed E-state index contributed by atoms with van der Waals surface area (Å²) >= 11 is 6.28.